The summed E-state index contributed by atoms with van der Waals surface area (Å²) in [5.74, 6) is 1.30. The van der Waals surface area contributed by atoms with Crippen molar-refractivity contribution < 1.29 is 4.79 Å². The molecule has 0 bridgehead atoms. The molecule has 0 fully saturated rings. The molecule has 3 aromatic rings. The van der Waals surface area contributed by atoms with Gasteiger partial charge in [-0.1, -0.05) is 88.9 Å². The maximum atomic E-state index is 12.1. The van der Waals surface area contributed by atoms with E-state index in [0.717, 1.165) is 25.0 Å². The van der Waals surface area contributed by atoms with Crippen LogP contribution in [-0.2, 0) is 5.75 Å². The molecule has 3 rings (SSSR count). The van der Waals surface area contributed by atoms with Crippen molar-refractivity contribution in [3.05, 3.63) is 70.7 Å². The summed E-state index contributed by atoms with van der Waals surface area (Å²) in [6.07, 6.45) is 0. The minimum absolute atomic E-state index is 0.103. The monoisotopic (exact) mass is 392 g/mol. The molecule has 0 aliphatic rings. The lowest BCUT2D eigenvalue weighted by molar-refractivity contribution is 0.102. The Labute approximate surface area is 157 Å². The van der Waals surface area contributed by atoms with E-state index in [1.807, 2.05) is 54.6 Å². The molecule has 7 heteroatoms. The van der Waals surface area contributed by atoms with Gasteiger partial charge in [0.1, 0.15) is 0 Å². The van der Waals surface area contributed by atoms with Crippen LogP contribution in [0.4, 0.5) is 0 Å². The fourth-order valence-corrected chi connectivity index (χ4v) is 4.87. The first-order chi connectivity index (χ1) is 11.7. The highest BCUT2D eigenvalue weighted by Crippen LogP contribution is 2.31. The number of Topliss-reactive ketones (excluding diaryl/α,β-unsaturated/α-hetero) is 1. The zero-order valence-corrected chi connectivity index (χ0v) is 15.7. The molecule has 24 heavy (non-hydrogen) atoms. The van der Waals surface area contributed by atoms with Crippen LogP contribution in [0, 0.1) is 0 Å². The Morgan fingerprint density at radius 3 is 2.33 bits per heavy atom. The molecule has 3 nitrogen and oxygen atoms in total. The van der Waals surface area contributed by atoms with Crippen LogP contribution >= 0.6 is 46.5 Å². The molecular formula is C17H13ClN2OS3. The molecule has 122 valence electrons. The quantitative estimate of drug-likeness (QED) is 0.394. The highest BCUT2D eigenvalue weighted by molar-refractivity contribution is 8.03. The molecule has 0 spiro atoms. The number of thioether (sulfide) groups is 2. The van der Waals surface area contributed by atoms with E-state index in [4.69, 9.17) is 11.6 Å². The lowest BCUT2D eigenvalue weighted by Crippen LogP contribution is -2.01. The van der Waals surface area contributed by atoms with E-state index < -0.39 is 0 Å². The van der Waals surface area contributed by atoms with Gasteiger partial charge in [-0.2, -0.15) is 0 Å². The molecule has 0 saturated heterocycles. The number of halogens is 1. The van der Waals surface area contributed by atoms with E-state index in [1.54, 1.807) is 11.8 Å². The van der Waals surface area contributed by atoms with Crippen LogP contribution in [-0.4, -0.2) is 21.7 Å². The summed E-state index contributed by atoms with van der Waals surface area (Å²) in [4.78, 5) is 12.1. The van der Waals surface area contributed by atoms with Gasteiger partial charge >= 0.3 is 0 Å². The molecule has 0 aliphatic heterocycles. The van der Waals surface area contributed by atoms with Gasteiger partial charge in [0, 0.05) is 16.3 Å². The summed E-state index contributed by atoms with van der Waals surface area (Å²) in [6.45, 7) is 0. The minimum Gasteiger partial charge on any atom is -0.293 e. The number of hydrogen-bond donors (Lipinski definition) is 0. The van der Waals surface area contributed by atoms with Gasteiger partial charge in [-0.25, -0.2) is 0 Å². The fourth-order valence-electron chi connectivity index (χ4n) is 1.87. The summed E-state index contributed by atoms with van der Waals surface area (Å²) in [6, 6.07) is 17.1. The summed E-state index contributed by atoms with van der Waals surface area (Å²) in [5.41, 5.74) is 1.92. The molecule has 0 unspecified atom stereocenters. The highest BCUT2D eigenvalue weighted by atomic mass is 35.5. The Morgan fingerprint density at radius 1 is 0.958 bits per heavy atom. The van der Waals surface area contributed by atoms with E-state index in [2.05, 4.69) is 10.2 Å². The van der Waals surface area contributed by atoms with Gasteiger partial charge in [-0.15, -0.1) is 10.2 Å². The SMILES string of the molecule is O=C(CSc1nnc(SCc2ccc(Cl)cc2)s1)c1ccccc1. The number of nitrogens with zero attached hydrogens (tertiary/aromatic N) is 2. The molecule has 0 aliphatic carbocycles. The average Bonchev–Trinajstić information content (AvgIpc) is 3.08. The normalized spacial score (nSPS) is 10.7. The van der Waals surface area contributed by atoms with Crippen LogP contribution in [0.15, 0.2) is 63.3 Å². The Balaban J connectivity index is 1.50. The third-order valence-electron chi connectivity index (χ3n) is 3.09. The summed E-state index contributed by atoms with van der Waals surface area (Å²) in [5, 5.41) is 9.06. The molecule has 0 atom stereocenters. The smallest absolute Gasteiger partial charge is 0.175 e. The van der Waals surface area contributed by atoms with Gasteiger partial charge in [-0.3, -0.25) is 4.79 Å². The summed E-state index contributed by atoms with van der Waals surface area (Å²) in [7, 11) is 0. The average molecular weight is 393 g/mol. The second kappa shape index (κ2) is 8.67. The molecule has 0 amide bonds. The van der Waals surface area contributed by atoms with Crippen LogP contribution in [0.5, 0.6) is 0 Å². The van der Waals surface area contributed by atoms with Crippen molar-refractivity contribution in [1.29, 1.82) is 0 Å². The Morgan fingerprint density at radius 2 is 1.62 bits per heavy atom. The van der Waals surface area contributed by atoms with Crippen molar-refractivity contribution in [3.8, 4) is 0 Å². The van der Waals surface area contributed by atoms with Crippen LogP contribution in [0.1, 0.15) is 15.9 Å². The Hall–Kier alpha value is -1.34. The summed E-state index contributed by atoms with van der Waals surface area (Å²) >= 11 is 10.5. The first-order valence-electron chi connectivity index (χ1n) is 7.12. The van der Waals surface area contributed by atoms with Crippen LogP contribution in [0.3, 0.4) is 0 Å². The maximum Gasteiger partial charge on any atom is 0.175 e. The third kappa shape index (κ3) is 5.08. The molecule has 1 heterocycles. The van der Waals surface area contributed by atoms with Crippen LogP contribution < -0.4 is 0 Å². The predicted octanol–water partition coefficient (Wildman–Crippen LogP) is 5.46. The van der Waals surface area contributed by atoms with Crippen molar-refractivity contribution in [1.82, 2.24) is 10.2 Å². The highest BCUT2D eigenvalue weighted by Gasteiger charge is 2.10. The van der Waals surface area contributed by atoms with Crippen LogP contribution in [0.2, 0.25) is 5.02 Å². The third-order valence-corrected chi connectivity index (χ3v) is 6.60. The molecule has 1 aromatic heterocycles. The number of rotatable bonds is 7. The van der Waals surface area contributed by atoms with E-state index in [-0.39, 0.29) is 5.78 Å². The number of aromatic nitrogens is 2. The van der Waals surface area contributed by atoms with Gasteiger partial charge < -0.3 is 0 Å². The first kappa shape index (κ1) is 17.5. The molecule has 0 saturated carbocycles. The van der Waals surface area contributed by atoms with E-state index in [9.17, 15) is 4.79 Å². The lowest BCUT2D eigenvalue weighted by Gasteiger charge is -1.98. The second-order valence-corrected chi connectivity index (χ2v) is 8.69. The standard InChI is InChI=1S/C17H13ClN2OS3/c18-14-8-6-12(7-9-14)10-22-16-19-20-17(24-16)23-11-15(21)13-4-2-1-3-5-13/h1-9H,10-11H2. The van der Waals surface area contributed by atoms with Gasteiger partial charge in [0.15, 0.2) is 14.5 Å². The summed E-state index contributed by atoms with van der Waals surface area (Å²) < 4.78 is 1.72. The fraction of sp³-hybridized carbons (Fsp3) is 0.118. The zero-order chi connectivity index (χ0) is 16.8. The number of hydrogen-bond acceptors (Lipinski definition) is 6. The van der Waals surface area contributed by atoms with Gasteiger partial charge in [0.25, 0.3) is 0 Å². The lowest BCUT2D eigenvalue weighted by atomic mass is 10.2. The molecule has 2 aromatic carbocycles. The van der Waals surface area contributed by atoms with Crippen molar-refractivity contribution in [3.63, 3.8) is 0 Å². The minimum atomic E-state index is 0.103. The topological polar surface area (TPSA) is 42.9 Å². The van der Waals surface area contributed by atoms with Gasteiger partial charge in [0.05, 0.1) is 5.75 Å². The van der Waals surface area contributed by atoms with Crippen molar-refractivity contribution in [2.75, 3.05) is 5.75 Å². The number of carbonyl (C=O) groups excluding carboxylic acids is 1. The van der Waals surface area contributed by atoms with Gasteiger partial charge in [-0.05, 0) is 17.7 Å². The van der Waals surface area contributed by atoms with Gasteiger partial charge in [0.2, 0.25) is 0 Å². The van der Waals surface area contributed by atoms with E-state index in [0.29, 0.717) is 5.75 Å². The maximum absolute atomic E-state index is 12.1. The van der Waals surface area contributed by atoms with Crippen molar-refractivity contribution in [2.24, 2.45) is 0 Å². The predicted molar refractivity (Wildman–Crippen MR) is 102 cm³/mol. The zero-order valence-electron chi connectivity index (χ0n) is 12.5. The van der Waals surface area contributed by atoms with E-state index in [1.165, 1.54) is 28.7 Å². The largest absolute Gasteiger partial charge is 0.293 e. The van der Waals surface area contributed by atoms with E-state index >= 15 is 0 Å². The van der Waals surface area contributed by atoms with Crippen LogP contribution in [0.25, 0.3) is 0 Å². The molecule has 0 radical (unpaired) electrons. The Bertz CT molecular complexity index is 806. The van der Waals surface area contributed by atoms with Crippen molar-refractivity contribution in [2.45, 2.75) is 14.4 Å². The van der Waals surface area contributed by atoms with Crippen molar-refractivity contribution >= 4 is 52.2 Å². The first-order valence-corrected chi connectivity index (χ1v) is 10.3. The molecule has 0 N–H and O–H groups in total. The number of carbonyl (C=O) groups is 1. The number of ketones is 1. The molecular weight excluding hydrogens is 380 g/mol. The Kier molecular flexibility index (Phi) is 6.31. The second-order valence-electron chi connectivity index (χ2n) is 4.83. The number of benzene rings is 2.